The third-order valence-electron chi connectivity index (χ3n) is 5.35. The molecule has 0 saturated carbocycles. The molecule has 0 aliphatic heterocycles. The number of carboxylic acid groups (broad SMARTS) is 1. The lowest BCUT2D eigenvalue weighted by Gasteiger charge is -2.27. The highest BCUT2D eigenvalue weighted by Gasteiger charge is 2.28. The van der Waals surface area contributed by atoms with Gasteiger partial charge < -0.3 is 9.67 Å². The van der Waals surface area contributed by atoms with Crippen LogP contribution in [0.25, 0.3) is 0 Å². The second-order valence-corrected chi connectivity index (χ2v) is 8.01. The van der Waals surface area contributed by atoms with E-state index in [1.165, 1.54) is 24.2 Å². The minimum Gasteiger partial charge on any atom is -0.480 e. The smallest absolute Gasteiger partial charge is 0.326 e. The zero-order valence-electron chi connectivity index (χ0n) is 18.2. The van der Waals surface area contributed by atoms with Crippen LogP contribution >= 0.6 is 11.6 Å². The Balaban J connectivity index is 1.94. The molecule has 0 aliphatic carbocycles. The van der Waals surface area contributed by atoms with Gasteiger partial charge in [0.05, 0.1) is 13.0 Å². The standard InChI is InChI=1S/C24H27ClN4O3/c1-3-4-9-22-27-15-20(28(22)16-18-7-5-6-8-21(18)25)14-23(30)29(17(2)24(31)32)19-10-12-26-13-11-19/h5-8,10-13,15,17H,3-4,9,14,16H2,1-2H3,(H,31,32). The van der Waals surface area contributed by atoms with Gasteiger partial charge in [-0.2, -0.15) is 0 Å². The van der Waals surface area contributed by atoms with Crippen molar-refractivity contribution in [3.63, 3.8) is 0 Å². The summed E-state index contributed by atoms with van der Waals surface area (Å²) in [5.41, 5.74) is 2.14. The number of aliphatic carboxylic acids is 1. The lowest BCUT2D eigenvalue weighted by molar-refractivity contribution is -0.139. The molecule has 8 heteroatoms. The Bertz CT molecular complexity index is 1070. The van der Waals surface area contributed by atoms with Crippen LogP contribution in [0.5, 0.6) is 0 Å². The number of imidazole rings is 1. The number of carboxylic acids is 1. The number of halogens is 1. The average molecular weight is 455 g/mol. The quantitative estimate of drug-likeness (QED) is 0.491. The van der Waals surface area contributed by atoms with Crippen LogP contribution in [0.4, 0.5) is 5.69 Å². The van der Waals surface area contributed by atoms with E-state index < -0.39 is 12.0 Å². The van der Waals surface area contributed by atoms with Crippen LogP contribution < -0.4 is 4.90 Å². The van der Waals surface area contributed by atoms with Gasteiger partial charge in [0.1, 0.15) is 11.9 Å². The number of rotatable bonds is 10. The first-order valence-electron chi connectivity index (χ1n) is 10.6. The summed E-state index contributed by atoms with van der Waals surface area (Å²) >= 11 is 6.38. The molecule has 1 amide bonds. The Morgan fingerprint density at radius 1 is 1.19 bits per heavy atom. The third kappa shape index (κ3) is 5.53. The van der Waals surface area contributed by atoms with E-state index in [1.807, 2.05) is 28.8 Å². The molecule has 32 heavy (non-hydrogen) atoms. The van der Waals surface area contributed by atoms with E-state index in [1.54, 1.807) is 18.3 Å². The van der Waals surface area contributed by atoms with Gasteiger partial charge in [0, 0.05) is 41.4 Å². The Hall–Kier alpha value is -3.19. The van der Waals surface area contributed by atoms with Gasteiger partial charge in [-0.05, 0) is 37.1 Å². The number of anilines is 1. The molecule has 2 heterocycles. The van der Waals surface area contributed by atoms with E-state index in [2.05, 4.69) is 16.9 Å². The Morgan fingerprint density at radius 2 is 1.91 bits per heavy atom. The highest BCUT2D eigenvalue weighted by atomic mass is 35.5. The zero-order chi connectivity index (χ0) is 23.1. The summed E-state index contributed by atoms with van der Waals surface area (Å²) in [4.78, 5) is 34.9. The van der Waals surface area contributed by atoms with Crippen molar-refractivity contribution >= 4 is 29.2 Å². The number of hydrogen-bond acceptors (Lipinski definition) is 4. The van der Waals surface area contributed by atoms with E-state index >= 15 is 0 Å². The Labute approximate surface area is 192 Å². The first-order chi connectivity index (χ1) is 15.4. The number of aromatic nitrogens is 3. The molecule has 0 saturated heterocycles. The molecule has 0 aliphatic rings. The zero-order valence-corrected chi connectivity index (χ0v) is 19.0. The van der Waals surface area contributed by atoms with Crippen molar-refractivity contribution < 1.29 is 14.7 Å². The monoisotopic (exact) mass is 454 g/mol. The Morgan fingerprint density at radius 3 is 2.56 bits per heavy atom. The van der Waals surface area contributed by atoms with Crippen LogP contribution in [0.1, 0.15) is 43.8 Å². The molecule has 0 fully saturated rings. The molecule has 0 bridgehead atoms. The molecule has 168 valence electrons. The number of aryl methyl sites for hydroxylation is 1. The van der Waals surface area contributed by atoms with Crippen molar-refractivity contribution in [2.45, 2.75) is 52.1 Å². The van der Waals surface area contributed by atoms with Crippen molar-refractivity contribution in [3.8, 4) is 0 Å². The summed E-state index contributed by atoms with van der Waals surface area (Å²) in [5, 5.41) is 10.2. The second-order valence-electron chi connectivity index (χ2n) is 7.61. The van der Waals surface area contributed by atoms with Crippen molar-refractivity contribution in [1.29, 1.82) is 0 Å². The number of pyridine rings is 1. The fourth-order valence-corrected chi connectivity index (χ4v) is 3.75. The van der Waals surface area contributed by atoms with Crippen molar-refractivity contribution in [3.05, 3.63) is 77.1 Å². The number of carbonyl (C=O) groups excluding carboxylic acids is 1. The fraction of sp³-hybridized carbons (Fsp3) is 0.333. The Kier molecular flexibility index (Phi) is 8.00. The summed E-state index contributed by atoms with van der Waals surface area (Å²) in [6, 6.07) is 9.83. The molecule has 0 radical (unpaired) electrons. The molecule has 7 nitrogen and oxygen atoms in total. The maximum absolute atomic E-state index is 13.3. The van der Waals surface area contributed by atoms with E-state index in [0.717, 1.165) is 36.3 Å². The maximum atomic E-state index is 13.3. The molecular formula is C24H27ClN4O3. The van der Waals surface area contributed by atoms with Crippen molar-refractivity contribution in [2.24, 2.45) is 0 Å². The van der Waals surface area contributed by atoms with E-state index in [-0.39, 0.29) is 12.3 Å². The van der Waals surface area contributed by atoms with Crippen LogP contribution in [0.15, 0.2) is 55.0 Å². The highest BCUT2D eigenvalue weighted by Crippen LogP contribution is 2.22. The first kappa shape index (κ1) is 23.5. The van der Waals surface area contributed by atoms with Crippen LogP contribution in [0, 0.1) is 0 Å². The summed E-state index contributed by atoms with van der Waals surface area (Å²) < 4.78 is 2.02. The van der Waals surface area contributed by atoms with Gasteiger partial charge >= 0.3 is 5.97 Å². The van der Waals surface area contributed by atoms with Crippen LogP contribution in [0.2, 0.25) is 5.02 Å². The lowest BCUT2D eigenvalue weighted by atomic mass is 10.1. The van der Waals surface area contributed by atoms with Crippen molar-refractivity contribution in [1.82, 2.24) is 14.5 Å². The number of amides is 1. The van der Waals surface area contributed by atoms with E-state index in [0.29, 0.717) is 17.3 Å². The number of nitrogens with zero attached hydrogens (tertiary/aromatic N) is 4. The first-order valence-corrected chi connectivity index (χ1v) is 11.0. The van der Waals surface area contributed by atoms with Gasteiger partial charge in [0.25, 0.3) is 0 Å². The van der Waals surface area contributed by atoms with Gasteiger partial charge in [-0.15, -0.1) is 0 Å². The molecule has 1 atom stereocenters. The van der Waals surface area contributed by atoms with E-state index in [4.69, 9.17) is 11.6 Å². The normalized spacial score (nSPS) is 11.8. The number of hydrogen-bond donors (Lipinski definition) is 1. The van der Waals surface area contributed by atoms with Gasteiger partial charge in [-0.3, -0.25) is 14.7 Å². The fourth-order valence-electron chi connectivity index (χ4n) is 3.56. The molecule has 3 rings (SSSR count). The summed E-state index contributed by atoms with van der Waals surface area (Å²) in [6.07, 6.45) is 7.59. The minimum atomic E-state index is -1.08. The van der Waals surface area contributed by atoms with Gasteiger partial charge in [-0.1, -0.05) is 43.1 Å². The highest BCUT2D eigenvalue weighted by molar-refractivity contribution is 6.31. The predicted octanol–water partition coefficient (Wildman–Crippen LogP) is 4.37. The summed E-state index contributed by atoms with van der Waals surface area (Å²) in [7, 11) is 0. The van der Waals surface area contributed by atoms with Crippen LogP contribution in [-0.2, 0) is 29.0 Å². The minimum absolute atomic E-state index is 0.0174. The van der Waals surface area contributed by atoms with Gasteiger partial charge in [0.15, 0.2) is 0 Å². The topological polar surface area (TPSA) is 88.3 Å². The summed E-state index contributed by atoms with van der Waals surface area (Å²) in [5.74, 6) is -0.520. The van der Waals surface area contributed by atoms with Crippen molar-refractivity contribution in [2.75, 3.05) is 4.90 Å². The summed E-state index contributed by atoms with van der Waals surface area (Å²) in [6.45, 7) is 4.10. The molecule has 1 aromatic carbocycles. The maximum Gasteiger partial charge on any atom is 0.326 e. The number of carbonyl (C=O) groups is 2. The van der Waals surface area contributed by atoms with E-state index in [9.17, 15) is 14.7 Å². The third-order valence-corrected chi connectivity index (χ3v) is 5.72. The molecule has 3 aromatic rings. The van der Waals surface area contributed by atoms with Crippen LogP contribution in [0.3, 0.4) is 0 Å². The second kappa shape index (κ2) is 10.9. The molecule has 0 spiro atoms. The molecular weight excluding hydrogens is 428 g/mol. The van der Waals surface area contributed by atoms with Crippen LogP contribution in [-0.4, -0.2) is 37.6 Å². The van der Waals surface area contributed by atoms with Gasteiger partial charge in [0.2, 0.25) is 5.91 Å². The SMILES string of the molecule is CCCCc1ncc(CC(=O)N(c2ccncc2)C(C)C(=O)O)n1Cc1ccccc1Cl. The van der Waals surface area contributed by atoms with Gasteiger partial charge in [-0.25, -0.2) is 9.78 Å². The average Bonchev–Trinajstić information content (AvgIpc) is 3.15. The lowest BCUT2D eigenvalue weighted by Crippen LogP contribution is -2.44. The number of unbranched alkanes of at least 4 members (excludes halogenated alkanes) is 1. The molecule has 2 aromatic heterocycles. The molecule has 1 N–H and O–H groups in total. The molecule has 1 unspecified atom stereocenters. The number of benzene rings is 1. The predicted molar refractivity (Wildman–Crippen MR) is 124 cm³/mol. The largest absolute Gasteiger partial charge is 0.480 e.